The Kier molecular flexibility index (Phi) is 16.1. The summed E-state index contributed by atoms with van der Waals surface area (Å²) in [7, 11) is 0. The molecule has 6 aromatic rings. The van der Waals surface area contributed by atoms with Crippen molar-refractivity contribution in [2.45, 2.75) is 105 Å². The zero-order valence-electron chi connectivity index (χ0n) is 33.0. The Morgan fingerprint density at radius 2 is 1.18 bits per heavy atom. The Balaban J connectivity index is 0.000000322. The predicted octanol–water partition coefficient (Wildman–Crippen LogP) is 14.5. The summed E-state index contributed by atoms with van der Waals surface area (Å²) in [6.07, 6.45) is 3.86. The van der Waals surface area contributed by atoms with Gasteiger partial charge in [-0.2, -0.15) is 12.1 Å². The molecular weight excluding hydrogens is 696 g/mol. The monoisotopic (exact) mass is 754 g/mol. The number of fused-ring (bicyclic) bond motifs is 2. The normalized spacial score (nSPS) is 11.8. The first kappa shape index (κ1) is 43.4. The molecule has 2 radical (unpaired) electrons. The zero-order chi connectivity index (χ0) is 35.2. The number of hydrogen-bond donors (Lipinski definition) is 0. The molecule has 0 aliphatic carbocycles. The van der Waals surface area contributed by atoms with Gasteiger partial charge in [-0.05, 0) is 45.4 Å². The summed E-state index contributed by atoms with van der Waals surface area (Å²) in [5.41, 5.74) is 12.7. The molecule has 1 atom stereocenters. The molecule has 2 heteroatoms. The zero-order valence-corrected chi connectivity index (χ0v) is 36.5. The van der Waals surface area contributed by atoms with Crippen LogP contribution in [0.25, 0.3) is 43.8 Å². The molecule has 264 valence electrons. The van der Waals surface area contributed by atoms with Crippen LogP contribution in [0.15, 0.2) is 103 Å². The fraction of sp³-hybridized carbons (Fsp3) is 0.333. The van der Waals surface area contributed by atoms with Gasteiger partial charge in [-0.15, -0.1) is 68.6 Å². The van der Waals surface area contributed by atoms with Crippen LogP contribution < -0.4 is 0 Å². The summed E-state index contributed by atoms with van der Waals surface area (Å²) < 4.78 is 0. The Labute approximate surface area is 323 Å². The van der Waals surface area contributed by atoms with E-state index < -0.39 is 0 Å². The molecular formula is C48H60SiZr-4. The Morgan fingerprint density at radius 1 is 0.660 bits per heavy atom. The molecule has 6 rings (SSSR count). The summed E-state index contributed by atoms with van der Waals surface area (Å²) in [5, 5.41) is 5.51. The van der Waals surface area contributed by atoms with Gasteiger partial charge in [0.2, 0.25) is 0 Å². The quantitative estimate of drug-likeness (QED) is 0.117. The van der Waals surface area contributed by atoms with Crippen LogP contribution in [0.2, 0.25) is 0 Å². The van der Waals surface area contributed by atoms with Gasteiger partial charge in [0.05, 0.1) is 0 Å². The van der Waals surface area contributed by atoms with Gasteiger partial charge in [0, 0.05) is 0 Å². The van der Waals surface area contributed by atoms with E-state index in [2.05, 4.69) is 179 Å². The fourth-order valence-electron chi connectivity index (χ4n) is 6.61. The van der Waals surface area contributed by atoms with Gasteiger partial charge in [0.15, 0.2) is 0 Å². The number of benzene rings is 4. The Hall–Kier alpha value is -2.80. The first-order chi connectivity index (χ1) is 22.8. The second kappa shape index (κ2) is 18.6. The van der Waals surface area contributed by atoms with Crippen LogP contribution in [-0.4, -0.2) is 6.88 Å². The van der Waals surface area contributed by atoms with Crippen LogP contribution in [0.3, 0.4) is 0 Å². The molecule has 0 saturated heterocycles. The molecule has 0 N–H and O–H groups in total. The summed E-state index contributed by atoms with van der Waals surface area (Å²) in [4.78, 5) is 0. The molecule has 1 unspecified atom stereocenters. The van der Waals surface area contributed by atoms with Gasteiger partial charge in [0.1, 0.15) is 0 Å². The van der Waals surface area contributed by atoms with Crippen molar-refractivity contribution in [2.75, 3.05) is 0 Å². The number of hydrogen-bond acceptors (Lipinski definition) is 0. The second-order valence-corrected chi connectivity index (χ2v) is 15.6. The average Bonchev–Trinajstić information content (AvgIpc) is 3.69. The number of aryl methyl sites for hydroxylation is 2. The van der Waals surface area contributed by atoms with Gasteiger partial charge < -0.3 is 14.9 Å². The van der Waals surface area contributed by atoms with E-state index in [4.69, 9.17) is 0 Å². The molecule has 0 aliphatic rings. The SMILES string of the molecule is CCCCC(C)c1cc2c(-c3ccc(C(C)(C)C)cc3)cccc2[cH-]1.Cc1cc2c(-c3ccc(C(C)(C)C)cc3)ccc(C)c2[cH-]1.[CH3-].[CH3-].[Si]=[Zr]. The van der Waals surface area contributed by atoms with E-state index in [1.807, 2.05) is 0 Å². The van der Waals surface area contributed by atoms with E-state index in [-0.39, 0.29) is 25.7 Å². The Bertz CT molecular complexity index is 1920. The third-order valence-electron chi connectivity index (χ3n) is 9.71. The van der Waals surface area contributed by atoms with E-state index >= 15 is 0 Å². The maximum absolute atomic E-state index is 3.06. The van der Waals surface area contributed by atoms with Crippen molar-refractivity contribution in [3.63, 3.8) is 0 Å². The van der Waals surface area contributed by atoms with Crippen molar-refractivity contribution < 1.29 is 23.3 Å². The van der Waals surface area contributed by atoms with Crippen LogP contribution >= 0.6 is 0 Å². The average molecular weight is 756 g/mol. The first-order valence-electron chi connectivity index (χ1n) is 17.6. The summed E-state index contributed by atoms with van der Waals surface area (Å²) in [6, 6.07) is 38.7. The topological polar surface area (TPSA) is 0 Å². The van der Waals surface area contributed by atoms with Gasteiger partial charge in [-0.3, -0.25) is 0 Å². The maximum atomic E-state index is 3.06. The molecule has 0 aliphatic heterocycles. The van der Waals surface area contributed by atoms with Crippen molar-refractivity contribution in [1.82, 2.24) is 0 Å². The van der Waals surface area contributed by atoms with Crippen molar-refractivity contribution in [1.29, 1.82) is 0 Å². The molecule has 0 nitrogen and oxygen atoms in total. The minimum absolute atomic E-state index is 0. The molecule has 0 aromatic heterocycles. The van der Waals surface area contributed by atoms with Crippen molar-refractivity contribution in [3.8, 4) is 22.3 Å². The number of unbranched alkanes of at least 4 members (excludes halogenated alkanes) is 1. The summed E-state index contributed by atoms with van der Waals surface area (Å²) >= 11 is 1.36. The van der Waals surface area contributed by atoms with E-state index in [1.54, 1.807) is 0 Å². The van der Waals surface area contributed by atoms with Crippen LogP contribution in [0, 0.1) is 28.7 Å². The van der Waals surface area contributed by atoms with Gasteiger partial charge >= 0.3 is 30.2 Å². The van der Waals surface area contributed by atoms with E-state index in [9.17, 15) is 0 Å². The van der Waals surface area contributed by atoms with E-state index in [0.717, 1.165) is 0 Å². The van der Waals surface area contributed by atoms with Crippen LogP contribution in [0.1, 0.15) is 108 Å². The molecule has 0 heterocycles. The standard InChI is InChI=1S/C25H31.C21H23.2CH3.Si.Zr/c1-6-7-9-18(2)21-16-20-10-8-11-23(24(20)17-21)19-12-14-22(15-13-19)25(3,4)5;1-14-12-19-15(2)6-11-18(20(19)13-14)16-7-9-17(10-8-16)21(3,4)5;;;;/h8,10-18H,6-7,9H2,1-5H3;6-13H,1-5H3;2*1H3;;/q4*-1;;. The van der Waals surface area contributed by atoms with Crippen LogP contribution in [0.5, 0.6) is 0 Å². The number of rotatable bonds is 6. The molecule has 50 heavy (non-hydrogen) atoms. The molecule has 0 saturated carbocycles. The molecule has 0 fully saturated rings. The third-order valence-corrected chi connectivity index (χ3v) is 9.71. The molecule has 6 aromatic carbocycles. The van der Waals surface area contributed by atoms with Gasteiger partial charge in [-0.25, -0.2) is 0 Å². The van der Waals surface area contributed by atoms with Crippen molar-refractivity contribution >= 4 is 28.4 Å². The van der Waals surface area contributed by atoms with E-state index in [0.29, 0.717) is 5.92 Å². The van der Waals surface area contributed by atoms with Crippen LogP contribution in [0.4, 0.5) is 0 Å². The fourth-order valence-corrected chi connectivity index (χ4v) is 6.61. The minimum atomic E-state index is 0. The molecule has 0 spiro atoms. The van der Waals surface area contributed by atoms with Crippen LogP contribution in [-0.2, 0) is 34.2 Å². The third kappa shape index (κ3) is 10.4. The first-order valence-corrected chi connectivity index (χ1v) is 21.8. The summed E-state index contributed by atoms with van der Waals surface area (Å²) in [6.45, 7) is 25.6. The second-order valence-electron chi connectivity index (χ2n) is 15.6. The van der Waals surface area contributed by atoms with E-state index in [1.165, 1.54) is 114 Å². The van der Waals surface area contributed by atoms with Crippen molar-refractivity contribution in [3.05, 3.63) is 146 Å². The van der Waals surface area contributed by atoms with Crippen molar-refractivity contribution in [2.24, 2.45) is 0 Å². The molecule has 0 amide bonds. The Morgan fingerprint density at radius 3 is 1.68 bits per heavy atom. The van der Waals surface area contributed by atoms with Gasteiger partial charge in [-0.1, -0.05) is 154 Å². The predicted molar refractivity (Wildman–Crippen MR) is 223 cm³/mol. The van der Waals surface area contributed by atoms with Gasteiger partial charge in [0.25, 0.3) is 0 Å². The molecule has 0 bridgehead atoms. The summed E-state index contributed by atoms with van der Waals surface area (Å²) in [5.74, 6) is 0.642.